The number of hydrogen-bond donors (Lipinski definition) is 20. The quantitative estimate of drug-likeness (QED) is 0.0153. The zero-order valence-electron chi connectivity index (χ0n) is 45.2. The molecule has 0 spiro atoms. The van der Waals surface area contributed by atoms with E-state index in [2.05, 4.69) is 36.6 Å². The van der Waals surface area contributed by atoms with Crippen LogP contribution < -0.4 is 82.7 Å². The number of aliphatic imine (C=N–C) groups is 2. The number of unbranched alkanes of at least 4 members (excludes halogenated alkanes) is 2. The predicted octanol–water partition coefficient (Wildman–Crippen LogP) is -7.41. The van der Waals surface area contributed by atoms with Gasteiger partial charge in [-0.1, -0.05) is 13.8 Å². The SMILES string of the molecule is CC(C)CC(NC(=O)C(CCCCN)NC(=O)C(CCCN=C(N)N)NC(=O)C(N)CCCN=C(N)N)C(=O)NC(CC(=O)O)C(=O)NC(CC(=O)O)C(=O)NC(CC(=O)O)C(=O)NC(CC(=O)O)C(=O)NC(CCCCN)C(=O)O. The van der Waals surface area contributed by atoms with Crippen molar-refractivity contribution >= 4 is 89.0 Å². The number of carboxylic acid groups (broad SMARTS) is 5. The van der Waals surface area contributed by atoms with Crippen molar-refractivity contribution in [2.75, 3.05) is 26.2 Å². The van der Waals surface area contributed by atoms with Gasteiger partial charge in [-0.2, -0.15) is 0 Å². The molecule has 0 aliphatic rings. The van der Waals surface area contributed by atoms with E-state index in [1.54, 1.807) is 13.8 Å². The molecule has 0 rings (SSSR count). The Hall–Kier alpha value is -8.47. The van der Waals surface area contributed by atoms with Crippen LogP contribution in [0.5, 0.6) is 0 Å². The van der Waals surface area contributed by atoms with Crippen LogP contribution in [0.3, 0.4) is 0 Å². The second-order valence-corrected chi connectivity index (χ2v) is 18.9. The van der Waals surface area contributed by atoms with Gasteiger partial charge in [0.05, 0.1) is 31.7 Å². The van der Waals surface area contributed by atoms with Gasteiger partial charge in [-0.05, 0) is 89.6 Å². The summed E-state index contributed by atoms with van der Waals surface area (Å²) in [6, 6.07) is -15.8. The summed E-state index contributed by atoms with van der Waals surface area (Å²) < 4.78 is 0. The molecular formula is C46H81N17O18. The molecule has 0 aromatic rings. The van der Waals surface area contributed by atoms with E-state index in [0.29, 0.717) is 19.3 Å². The lowest BCUT2D eigenvalue weighted by atomic mass is 10.0. The highest BCUT2D eigenvalue weighted by molar-refractivity contribution is 6.00. The van der Waals surface area contributed by atoms with Crippen molar-refractivity contribution in [3.63, 3.8) is 0 Å². The van der Waals surface area contributed by atoms with Crippen LogP contribution in [-0.2, 0) is 62.3 Å². The van der Waals surface area contributed by atoms with Gasteiger partial charge < -0.3 is 108 Å². The normalized spacial score (nSPS) is 14.2. The van der Waals surface area contributed by atoms with Crippen LogP contribution in [0.2, 0.25) is 0 Å². The molecule has 35 heteroatoms. The van der Waals surface area contributed by atoms with Crippen LogP contribution in [0, 0.1) is 5.92 Å². The standard InChI is InChI=1S/C46H81N17O18/c1-22(2)17-27(59-38(74)24(10-3-5-13-47)57-37(73)25(12-8-16-55-46(52)53)56-36(72)23(49)9-7-15-54-45(50)51)39(75)60-29(19-33(66)67)41(77)62-31(21-35(70)71)43(79)63-30(20-34(68)69)42(78)61-28(18-32(64)65)40(76)58-26(44(80)81)11-4-6-14-48/h22-31H,3-21,47-49H2,1-2H3,(H,56,72)(H,57,73)(H,58,76)(H,59,74)(H,60,75)(H,61,78)(H,62,77)(H,63,79)(H,64,65)(H,66,67)(H,68,69)(H,70,71)(H,80,81)(H4,50,51,54)(H4,52,53,55). The summed E-state index contributed by atoms with van der Waals surface area (Å²) in [5.41, 5.74) is 38.7. The first-order valence-electron chi connectivity index (χ1n) is 25.7. The maximum atomic E-state index is 14.1. The fourth-order valence-electron chi connectivity index (χ4n) is 7.36. The highest BCUT2D eigenvalue weighted by atomic mass is 16.4. The summed E-state index contributed by atoms with van der Waals surface area (Å²) in [5.74, 6) is -19.1. The van der Waals surface area contributed by atoms with E-state index >= 15 is 0 Å². The Morgan fingerprint density at radius 2 is 0.642 bits per heavy atom. The molecule has 0 bridgehead atoms. The van der Waals surface area contributed by atoms with Crippen LogP contribution in [0.15, 0.2) is 9.98 Å². The molecule has 0 aliphatic heterocycles. The molecule has 35 nitrogen and oxygen atoms in total. The molecule has 0 aromatic heterocycles. The molecule has 9 atom stereocenters. The van der Waals surface area contributed by atoms with Crippen molar-refractivity contribution in [3.05, 3.63) is 0 Å². The van der Waals surface area contributed by atoms with Gasteiger partial charge in [0.1, 0.15) is 48.3 Å². The number of nitrogens with one attached hydrogen (secondary N) is 8. The molecule has 458 valence electrons. The molecule has 81 heavy (non-hydrogen) atoms. The maximum absolute atomic E-state index is 14.1. The number of guanidine groups is 2. The third-order valence-corrected chi connectivity index (χ3v) is 11.4. The second-order valence-electron chi connectivity index (χ2n) is 18.9. The smallest absolute Gasteiger partial charge is 0.326 e. The Kier molecular flexibility index (Phi) is 34.9. The van der Waals surface area contributed by atoms with E-state index in [9.17, 15) is 87.9 Å². The van der Waals surface area contributed by atoms with Crippen LogP contribution in [0.25, 0.3) is 0 Å². The Balaban J connectivity index is 6.80. The molecule has 8 amide bonds. The fraction of sp³-hybridized carbons (Fsp3) is 0.674. The van der Waals surface area contributed by atoms with Gasteiger partial charge in [0, 0.05) is 13.1 Å². The average molecular weight is 1160 g/mol. The lowest BCUT2D eigenvalue weighted by Crippen LogP contribution is -2.61. The largest absolute Gasteiger partial charge is 0.481 e. The zero-order valence-corrected chi connectivity index (χ0v) is 45.2. The lowest BCUT2D eigenvalue weighted by Gasteiger charge is -2.28. The fourth-order valence-corrected chi connectivity index (χ4v) is 7.36. The number of aliphatic carboxylic acids is 5. The molecule has 0 fully saturated rings. The summed E-state index contributed by atoms with van der Waals surface area (Å²) in [6.07, 6.45) is -3.79. The Bertz CT molecular complexity index is 2230. The summed E-state index contributed by atoms with van der Waals surface area (Å²) in [7, 11) is 0. The van der Waals surface area contributed by atoms with Crippen molar-refractivity contribution in [1.29, 1.82) is 0 Å². The Morgan fingerprint density at radius 1 is 0.370 bits per heavy atom. The molecular weight excluding hydrogens is 1080 g/mol. The number of nitrogens with two attached hydrogens (primary N) is 7. The van der Waals surface area contributed by atoms with Gasteiger partial charge in [-0.15, -0.1) is 0 Å². The minimum absolute atomic E-state index is 0.0386. The van der Waals surface area contributed by atoms with Gasteiger partial charge in [0.25, 0.3) is 0 Å². The highest BCUT2D eigenvalue weighted by Gasteiger charge is 2.37. The van der Waals surface area contributed by atoms with Gasteiger partial charge >= 0.3 is 29.8 Å². The number of carbonyl (C=O) groups excluding carboxylic acids is 8. The summed E-state index contributed by atoms with van der Waals surface area (Å²) in [5, 5.41) is 65.7. The van der Waals surface area contributed by atoms with E-state index in [1.807, 2.05) is 16.0 Å². The van der Waals surface area contributed by atoms with Crippen molar-refractivity contribution in [2.24, 2.45) is 56.0 Å². The third kappa shape index (κ3) is 32.3. The van der Waals surface area contributed by atoms with E-state index in [-0.39, 0.29) is 89.5 Å². The highest BCUT2D eigenvalue weighted by Crippen LogP contribution is 2.12. The summed E-state index contributed by atoms with van der Waals surface area (Å²) in [4.78, 5) is 176. The number of carboxylic acids is 5. The third-order valence-electron chi connectivity index (χ3n) is 11.4. The van der Waals surface area contributed by atoms with Gasteiger partial charge in [-0.25, -0.2) is 4.79 Å². The van der Waals surface area contributed by atoms with E-state index < -0.39 is 163 Å². The number of nitrogens with zero attached hydrogens (tertiary/aromatic N) is 2. The van der Waals surface area contributed by atoms with Gasteiger partial charge in [0.2, 0.25) is 47.3 Å². The average Bonchev–Trinajstić information content (AvgIpc) is 3.35. The number of hydrogen-bond acceptors (Lipinski definition) is 18. The summed E-state index contributed by atoms with van der Waals surface area (Å²) in [6.45, 7) is 3.81. The van der Waals surface area contributed by atoms with Crippen molar-refractivity contribution in [3.8, 4) is 0 Å². The monoisotopic (exact) mass is 1160 g/mol. The number of rotatable bonds is 43. The van der Waals surface area contributed by atoms with Crippen molar-refractivity contribution in [1.82, 2.24) is 42.5 Å². The maximum Gasteiger partial charge on any atom is 0.326 e. The molecule has 0 aliphatic carbocycles. The van der Waals surface area contributed by atoms with E-state index in [4.69, 9.17) is 40.1 Å². The lowest BCUT2D eigenvalue weighted by molar-refractivity contribution is -0.145. The topological polar surface area (TPSA) is 626 Å². The first kappa shape index (κ1) is 72.5. The molecule has 0 radical (unpaired) electrons. The molecule has 0 heterocycles. The molecule has 9 unspecified atom stereocenters. The minimum Gasteiger partial charge on any atom is -0.481 e. The Morgan fingerprint density at radius 3 is 0.963 bits per heavy atom. The Labute approximate surface area is 465 Å². The zero-order chi connectivity index (χ0) is 61.9. The van der Waals surface area contributed by atoms with Crippen molar-refractivity contribution in [2.45, 2.75) is 165 Å². The second kappa shape index (κ2) is 39.0. The minimum atomic E-state index is -2.27. The van der Waals surface area contributed by atoms with E-state index in [0.717, 1.165) is 0 Å². The molecule has 27 N–H and O–H groups in total. The number of amides is 8. The molecule has 0 saturated heterocycles. The first-order chi connectivity index (χ1) is 37.9. The van der Waals surface area contributed by atoms with Gasteiger partial charge in [-0.3, -0.25) is 67.5 Å². The van der Waals surface area contributed by atoms with Crippen LogP contribution in [-0.4, -0.2) is 195 Å². The molecule has 0 aromatic carbocycles. The van der Waals surface area contributed by atoms with Crippen LogP contribution in [0.1, 0.15) is 110 Å². The van der Waals surface area contributed by atoms with Crippen LogP contribution in [0.4, 0.5) is 0 Å². The van der Waals surface area contributed by atoms with Gasteiger partial charge in [0.15, 0.2) is 11.9 Å². The molecule has 0 saturated carbocycles. The van der Waals surface area contributed by atoms with E-state index in [1.165, 1.54) is 0 Å². The van der Waals surface area contributed by atoms with Crippen LogP contribution >= 0.6 is 0 Å². The number of carbonyl (C=O) groups is 13. The predicted molar refractivity (Wildman–Crippen MR) is 285 cm³/mol. The van der Waals surface area contributed by atoms with Crippen molar-refractivity contribution < 1.29 is 87.9 Å². The summed E-state index contributed by atoms with van der Waals surface area (Å²) >= 11 is 0. The first-order valence-corrected chi connectivity index (χ1v) is 25.7.